The number of hydrogen-bond donors (Lipinski definition) is 3. The molecule has 1 saturated carbocycles. The number of aliphatic hydroxyl groups excluding tert-OH is 1. The Morgan fingerprint density at radius 2 is 1.88 bits per heavy atom. The van der Waals surface area contributed by atoms with Crippen LogP contribution in [-0.4, -0.2) is 54.4 Å². The van der Waals surface area contributed by atoms with Crippen LogP contribution in [0.25, 0.3) is 0 Å². The zero-order valence-corrected chi connectivity index (χ0v) is 15.7. The predicted molar refractivity (Wildman–Crippen MR) is 104 cm³/mol. The third-order valence-electron chi connectivity index (χ3n) is 5.79. The van der Waals surface area contributed by atoms with Crippen LogP contribution in [0.5, 0.6) is 0 Å². The van der Waals surface area contributed by atoms with Crippen LogP contribution in [-0.2, 0) is 6.42 Å². The van der Waals surface area contributed by atoms with Gasteiger partial charge >= 0.3 is 6.03 Å². The molecule has 1 aromatic carbocycles. The molecule has 26 heavy (non-hydrogen) atoms. The second kappa shape index (κ2) is 9.93. The Labute approximate surface area is 157 Å². The maximum absolute atomic E-state index is 12.1. The van der Waals surface area contributed by atoms with Gasteiger partial charge in [-0.1, -0.05) is 36.8 Å². The van der Waals surface area contributed by atoms with Crippen molar-refractivity contribution in [2.45, 2.75) is 57.1 Å². The van der Waals surface area contributed by atoms with Crippen LogP contribution in [0.15, 0.2) is 30.3 Å². The number of benzene rings is 1. The number of likely N-dealkylation sites (tertiary alicyclic amines) is 1. The minimum absolute atomic E-state index is 0.0483. The van der Waals surface area contributed by atoms with E-state index in [1.165, 1.54) is 5.56 Å². The van der Waals surface area contributed by atoms with Crippen molar-refractivity contribution in [3.63, 3.8) is 0 Å². The molecule has 1 saturated heterocycles. The van der Waals surface area contributed by atoms with Crippen molar-refractivity contribution in [2.75, 3.05) is 26.2 Å². The summed E-state index contributed by atoms with van der Waals surface area (Å²) in [5.74, 6) is 0.421. The van der Waals surface area contributed by atoms with Gasteiger partial charge in [-0.15, -0.1) is 0 Å². The van der Waals surface area contributed by atoms with E-state index in [9.17, 15) is 9.90 Å². The number of nitrogens with one attached hydrogen (secondary N) is 2. The van der Waals surface area contributed by atoms with Gasteiger partial charge in [0.25, 0.3) is 0 Å². The van der Waals surface area contributed by atoms with Gasteiger partial charge in [0.15, 0.2) is 0 Å². The molecule has 5 heteroatoms. The molecule has 3 N–H and O–H groups in total. The summed E-state index contributed by atoms with van der Waals surface area (Å²) in [6.45, 7) is 3.87. The molecule has 3 rings (SSSR count). The van der Waals surface area contributed by atoms with Crippen LogP contribution >= 0.6 is 0 Å². The quantitative estimate of drug-likeness (QED) is 0.731. The van der Waals surface area contributed by atoms with E-state index in [1.807, 2.05) is 0 Å². The summed E-state index contributed by atoms with van der Waals surface area (Å²) in [4.78, 5) is 14.6. The van der Waals surface area contributed by atoms with Gasteiger partial charge in [0.1, 0.15) is 0 Å². The Morgan fingerprint density at radius 3 is 2.62 bits per heavy atom. The van der Waals surface area contributed by atoms with Crippen molar-refractivity contribution in [1.29, 1.82) is 0 Å². The van der Waals surface area contributed by atoms with E-state index in [2.05, 4.69) is 45.9 Å². The van der Waals surface area contributed by atoms with E-state index >= 15 is 0 Å². The van der Waals surface area contributed by atoms with Gasteiger partial charge in [0.2, 0.25) is 0 Å². The van der Waals surface area contributed by atoms with Crippen molar-refractivity contribution in [3.05, 3.63) is 35.9 Å². The maximum Gasteiger partial charge on any atom is 0.315 e. The predicted octanol–water partition coefficient (Wildman–Crippen LogP) is 2.54. The number of nitrogens with zero attached hydrogens (tertiary/aromatic N) is 1. The van der Waals surface area contributed by atoms with E-state index in [0.29, 0.717) is 12.5 Å². The standard InChI is InChI=1S/C21H33N3O2/c25-20-8-4-7-18(15-20)16-22-21(26)23-19-10-13-24(14-11-19)12-9-17-5-2-1-3-6-17/h1-3,5-6,18-20,25H,4,7-16H2,(H2,22,23,26). The first kappa shape index (κ1) is 19.2. The molecule has 1 aliphatic carbocycles. The van der Waals surface area contributed by atoms with Gasteiger partial charge in [0, 0.05) is 32.2 Å². The van der Waals surface area contributed by atoms with Crippen LogP contribution < -0.4 is 10.6 Å². The second-order valence-corrected chi connectivity index (χ2v) is 7.89. The highest BCUT2D eigenvalue weighted by Gasteiger charge is 2.22. The first-order valence-corrected chi connectivity index (χ1v) is 10.2. The smallest absolute Gasteiger partial charge is 0.315 e. The fraction of sp³-hybridized carbons (Fsp3) is 0.667. The van der Waals surface area contributed by atoms with Crippen LogP contribution in [0.2, 0.25) is 0 Å². The fourth-order valence-corrected chi connectivity index (χ4v) is 4.15. The number of carbonyl (C=O) groups excluding carboxylic acids is 1. The van der Waals surface area contributed by atoms with Crippen molar-refractivity contribution in [2.24, 2.45) is 5.92 Å². The van der Waals surface area contributed by atoms with Gasteiger partial charge in [-0.05, 0) is 50.0 Å². The molecule has 2 atom stereocenters. The summed E-state index contributed by atoms with van der Waals surface area (Å²) in [6, 6.07) is 10.8. The SMILES string of the molecule is O=C(NCC1CCCC(O)C1)NC1CCN(CCc2ccccc2)CC1. The number of urea groups is 1. The van der Waals surface area contributed by atoms with E-state index in [-0.39, 0.29) is 18.2 Å². The number of rotatable bonds is 6. The summed E-state index contributed by atoms with van der Waals surface area (Å²) in [5, 5.41) is 15.8. The lowest BCUT2D eigenvalue weighted by atomic mass is 9.87. The van der Waals surface area contributed by atoms with Crippen molar-refractivity contribution in [3.8, 4) is 0 Å². The Hall–Kier alpha value is -1.59. The summed E-state index contributed by atoms with van der Waals surface area (Å²) in [7, 11) is 0. The van der Waals surface area contributed by atoms with Gasteiger partial charge in [0.05, 0.1) is 6.10 Å². The fourth-order valence-electron chi connectivity index (χ4n) is 4.15. The van der Waals surface area contributed by atoms with E-state index in [4.69, 9.17) is 0 Å². The van der Waals surface area contributed by atoms with E-state index in [1.54, 1.807) is 0 Å². The number of carbonyl (C=O) groups is 1. The molecule has 0 spiro atoms. The van der Waals surface area contributed by atoms with Crippen LogP contribution in [0, 0.1) is 5.92 Å². The highest BCUT2D eigenvalue weighted by atomic mass is 16.3. The monoisotopic (exact) mass is 359 g/mol. The normalized spacial score (nSPS) is 25.0. The van der Waals surface area contributed by atoms with Gasteiger partial charge in [-0.2, -0.15) is 0 Å². The van der Waals surface area contributed by atoms with Crippen LogP contribution in [0.3, 0.4) is 0 Å². The molecule has 144 valence electrons. The minimum atomic E-state index is -0.182. The molecule has 1 aromatic rings. The highest BCUT2D eigenvalue weighted by molar-refractivity contribution is 5.74. The average Bonchev–Trinajstić information content (AvgIpc) is 2.67. The molecule has 0 radical (unpaired) electrons. The molecule has 5 nitrogen and oxygen atoms in total. The summed E-state index contributed by atoms with van der Waals surface area (Å²) in [5.41, 5.74) is 1.39. The number of aliphatic hydroxyl groups is 1. The average molecular weight is 360 g/mol. The van der Waals surface area contributed by atoms with E-state index < -0.39 is 0 Å². The number of amides is 2. The minimum Gasteiger partial charge on any atom is -0.393 e. The molecule has 2 unspecified atom stereocenters. The maximum atomic E-state index is 12.1. The number of hydrogen-bond acceptors (Lipinski definition) is 3. The van der Waals surface area contributed by atoms with Crippen molar-refractivity contribution >= 4 is 6.03 Å². The Kier molecular flexibility index (Phi) is 7.32. The summed E-state index contributed by atoms with van der Waals surface area (Å²) >= 11 is 0. The van der Waals surface area contributed by atoms with Crippen LogP contribution in [0.1, 0.15) is 44.1 Å². The zero-order chi connectivity index (χ0) is 18.2. The van der Waals surface area contributed by atoms with Gasteiger partial charge in [-0.3, -0.25) is 0 Å². The topological polar surface area (TPSA) is 64.6 Å². The first-order valence-electron chi connectivity index (χ1n) is 10.2. The third kappa shape index (κ3) is 6.29. The Bertz CT molecular complexity index is 543. The lowest BCUT2D eigenvalue weighted by molar-refractivity contribution is 0.101. The summed E-state index contributed by atoms with van der Waals surface area (Å²) in [6.07, 6.45) is 6.85. The molecular formula is C21H33N3O2. The zero-order valence-electron chi connectivity index (χ0n) is 15.7. The lowest BCUT2D eigenvalue weighted by Crippen LogP contribution is -2.49. The first-order chi connectivity index (χ1) is 12.7. The van der Waals surface area contributed by atoms with Crippen molar-refractivity contribution in [1.82, 2.24) is 15.5 Å². The van der Waals surface area contributed by atoms with Gasteiger partial charge < -0.3 is 20.6 Å². The molecule has 2 fully saturated rings. The van der Waals surface area contributed by atoms with Gasteiger partial charge in [-0.25, -0.2) is 4.79 Å². The largest absolute Gasteiger partial charge is 0.393 e. The molecule has 1 aliphatic heterocycles. The Morgan fingerprint density at radius 1 is 1.12 bits per heavy atom. The molecule has 0 aromatic heterocycles. The molecule has 2 amide bonds. The second-order valence-electron chi connectivity index (χ2n) is 7.89. The molecule has 2 aliphatic rings. The molecule has 0 bridgehead atoms. The molecular weight excluding hydrogens is 326 g/mol. The van der Waals surface area contributed by atoms with Crippen LogP contribution in [0.4, 0.5) is 4.79 Å². The third-order valence-corrected chi connectivity index (χ3v) is 5.79. The Balaban J connectivity index is 1.29. The van der Waals surface area contributed by atoms with E-state index in [0.717, 1.165) is 64.6 Å². The lowest BCUT2D eigenvalue weighted by Gasteiger charge is -2.32. The van der Waals surface area contributed by atoms with Crippen molar-refractivity contribution < 1.29 is 9.90 Å². The molecule has 1 heterocycles. The highest BCUT2D eigenvalue weighted by Crippen LogP contribution is 2.23. The summed E-state index contributed by atoms with van der Waals surface area (Å²) < 4.78 is 0. The number of piperidine rings is 1.